The summed E-state index contributed by atoms with van der Waals surface area (Å²) >= 11 is 0. The molecule has 0 fully saturated rings. The van der Waals surface area contributed by atoms with Crippen LogP contribution < -0.4 is 23.7 Å². The van der Waals surface area contributed by atoms with Gasteiger partial charge in [-0.3, -0.25) is 0 Å². The first-order chi connectivity index (χ1) is 29.2. The Morgan fingerprint density at radius 3 is 1.42 bits per heavy atom. The monoisotopic (exact) mass is 780 g/mol. The molecular formula is C53H48O6. The van der Waals surface area contributed by atoms with Gasteiger partial charge in [0.1, 0.15) is 49.8 Å². The van der Waals surface area contributed by atoms with E-state index in [0.717, 1.165) is 38.9 Å². The second kappa shape index (κ2) is 19.6. The van der Waals surface area contributed by atoms with E-state index < -0.39 is 12.2 Å². The third-order valence-electron chi connectivity index (χ3n) is 10.4. The van der Waals surface area contributed by atoms with Gasteiger partial charge in [-0.1, -0.05) is 164 Å². The van der Waals surface area contributed by atoms with Crippen LogP contribution in [0.25, 0.3) is 0 Å². The molecule has 0 spiro atoms. The summed E-state index contributed by atoms with van der Waals surface area (Å²) in [6, 6.07) is 60.8. The first-order valence-corrected chi connectivity index (χ1v) is 20.1. The van der Waals surface area contributed by atoms with Crippen molar-refractivity contribution in [3.63, 3.8) is 0 Å². The third-order valence-corrected chi connectivity index (χ3v) is 10.4. The zero-order chi connectivity index (χ0) is 40.1. The number of fused-ring (bicyclic) bond motifs is 1. The van der Waals surface area contributed by atoms with Gasteiger partial charge >= 0.3 is 0 Å². The molecule has 1 aliphatic heterocycles. The second-order valence-corrected chi connectivity index (χ2v) is 14.6. The Balaban J connectivity index is 1.19. The predicted molar refractivity (Wildman–Crippen MR) is 232 cm³/mol. The number of hydrogen-bond acceptors (Lipinski definition) is 6. The van der Waals surface area contributed by atoms with Gasteiger partial charge < -0.3 is 28.4 Å². The van der Waals surface area contributed by atoms with Crippen molar-refractivity contribution in [3.8, 4) is 28.7 Å². The van der Waals surface area contributed by atoms with Crippen molar-refractivity contribution in [1.29, 1.82) is 0 Å². The SMILES string of the molecule is C=CC[C@H]1c2c(OCc3ccccc3)cc(OCc3ccccc3)cc2O[C@H](c2ccc(OCc3ccccc3)c(OCc3ccccc3)c2)[C@@H]1OCc1ccccc1. The lowest BCUT2D eigenvalue weighted by molar-refractivity contribution is -0.0636. The van der Waals surface area contributed by atoms with Crippen LogP contribution in [0.4, 0.5) is 0 Å². The number of allylic oxidation sites excluding steroid dienone is 1. The van der Waals surface area contributed by atoms with E-state index in [1.807, 2.05) is 121 Å². The average molecular weight is 781 g/mol. The van der Waals surface area contributed by atoms with Gasteiger partial charge in [0.05, 0.1) is 6.61 Å². The van der Waals surface area contributed by atoms with Gasteiger partial charge in [0.2, 0.25) is 0 Å². The Morgan fingerprint density at radius 2 is 0.915 bits per heavy atom. The van der Waals surface area contributed by atoms with Gasteiger partial charge in [0, 0.05) is 23.6 Å². The first-order valence-electron chi connectivity index (χ1n) is 20.1. The van der Waals surface area contributed by atoms with Gasteiger partial charge in [-0.15, -0.1) is 6.58 Å². The summed E-state index contributed by atoms with van der Waals surface area (Å²) < 4.78 is 40.3. The zero-order valence-electron chi connectivity index (χ0n) is 33.0. The number of rotatable bonds is 18. The Labute approximate surface area is 347 Å². The summed E-state index contributed by atoms with van der Waals surface area (Å²) in [7, 11) is 0. The van der Waals surface area contributed by atoms with Crippen LogP contribution in [0.5, 0.6) is 28.7 Å². The Bertz CT molecular complexity index is 2370. The van der Waals surface area contributed by atoms with Crippen LogP contribution in [-0.2, 0) is 37.8 Å². The lowest BCUT2D eigenvalue weighted by Crippen LogP contribution is -2.37. The van der Waals surface area contributed by atoms with Gasteiger partial charge in [0.15, 0.2) is 17.6 Å². The van der Waals surface area contributed by atoms with Gasteiger partial charge in [-0.05, 0) is 51.9 Å². The Hall–Kier alpha value is -6.76. The molecule has 6 nitrogen and oxygen atoms in total. The molecule has 3 atom stereocenters. The summed E-state index contributed by atoms with van der Waals surface area (Å²) in [5.41, 5.74) is 7.11. The van der Waals surface area contributed by atoms with Gasteiger partial charge in [-0.25, -0.2) is 0 Å². The van der Waals surface area contributed by atoms with E-state index in [9.17, 15) is 0 Å². The first kappa shape index (κ1) is 39.1. The molecule has 1 aliphatic rings. The fraction of sp³-hybridized carbons (Fsp3) is 0.170. The molecule has 0 radical (unpaired) electrons. The second-order valence-electron chi connectivity index (χ2n) is 14.6. The highest BCUT2D eigenvalue weighted by Crippen LogP contribution is 2.52. The standard InChI is InChI=1S/C53H48O6/c1-2-18-46-51-49(57-37-42-25-14-6-15-26-42)32-45(54-34-39-19-8-3-9-20-39)33-50(51)59-52(53(46)58-38-43-27-16-7-17-28-43)44-29-30-47(55-35-40-21-10-4-11-22-40)48(31-44)56-36-41-23-12-5-13-24-41/h2-17,19-33,46,52-53H,1,18,34-38H2/t46-,52+,53+/m0/s1. The topological polar surface area (TPSA) is 55.4 Å². The summed E-state index contributed by atoms with van der Waals surface area (Å²) in [5.74, 6) is 3.08. The molecule has 0 aromatic heterocycles. The molecule has 0 amide bonds. The normalized spacial score (nSPS) is 15.6. The van der Waals surface area contributed by atoms with E-state index in [2.05, 4.69) is 73.3 Å². The number of ether oxygens (including phenoxy) is 6. The fourth-order valence-corrected chi connectivity index (χ4v) is 7.36. The molecule has 7 aromatic rings. The summed E-state index contributed by atoms with van der Waals surface area (Å²) in [6.07, 6.45) is 1.60. The van der Waals surface area contributed by atoms with E-state index in [-0.39, 0.29) is 5.92 Å². The van der Waals surface area contributed by atoms with Crippen LogP contribution in [0.1, 0.15) is 57.4 Å². The van der Waals surface area contributed by atoms with E-state index in [4.69, 9.17) is 28.4 Å². The quantitative estimate of drug-likeness (QED) is 0.0809. The minimum absolute atomic E-state index is 0.179. The largest absolute Gasteiger partial charge is 0.489 e. The summed E-state index contributed by atoms with van der Waals surface area (Å²) in [6.45, 7) is 6.14. The van der Waals surface area contributed by atoms with Crippen LogP contribution in [0.3, 0.4) is 0 Å². The maximum Gasteiger partial charge on any atom is 0.162 e. The zero-order valence-corrected chi connectivity index (χ0v) is 33.0. The Morgan fingerprint density at radius 1 is 0.458 bits per heavy atom. The number of benzene rings is 7. The van der Waals surface area contributed by atoms with Crippen LogP contribution >= 0.6 is 0 Å². The molecule has 8 rings (SSSR count). The molecule has 0 unspecified atom stereocenters. The molecule has 7 aromatic carbocycles. The number of hydrogen-bond donors (Lipinski definition) is 0. The van der Waals surface area contributed by atoms with Crippen LogP contribution in [0, 0.1) is 0 Å². The molecule has 0 saturated carbocycles. The highest BCUT2D eigenvalue weighted by atomic mass is 16.6. The Kier molecular flexibility index (Phi) is 13.0. The molecular weight excluding hydrogens is 733 g/mol. The minimum atomic E-state index is -0.537. The van der Waals surface area contributed by atoms with Crippen molar-refractivity contribution in [2.45, 2.75) is 57.6 Å². The average Bonchev–Trinajstić information content (AvgIpc) is 3.30. The molecule has 0 aliphatic carbocycles. The van der Waals surface area contributed by atoms with Crippen molar-refractivity contribution >= 4 is 0 Å². The molecule has 1 heterocycles. The predicted octanol–water partition coefficient (Wildman–Crippen LogP) is 12.4. The fourth-order valence-electron chi connectivity index (χ4n) is 7.36. The van der Waals surface area contributed by atoms with Crippen molar-refractivity contribution in [2.24, 2.45) is 0 Å². The van der Waals surface area contributed by atoms with Crippen molar-refractivity contribution < 1.29 is 28.4 Å². The van der Waals surface area contributed by atoms with Crippen molar-refractivity contribution in [1.82, 2.24) is 0 Å². The molecule has 0 saturated heterocycles. The smallest absolute Gasteiger partial charge is 0.162 e. The van der Waals surface area contributed by atoms with Crippen LogP contribution in [-0.4, -0.2) is 6.10 Å². The summed E-state index contributed by atoms with van der Waals surface area (Å²) in [5, 5.41) is 0. The maximum atomic E-state index is 7.15. The maximum absolute atomic E-state index is 7.15. The minimum Gasteiger partial charge on any atom is -0.489 e. The summed E-state index contributed by atoms with van der Waals surface area (Å²) in [4.78, 5) is 0. The van der Waals surface area contributed by atoms with E-state index in [0.29, 0.717) is 68.2 Å². The van der Waals surface area contributed by atoms with Crippen LogP contribution in [0.2, 0.25) is 0 Å². The van der Waals surface area contributed by atoms with E-state index in [1.165, 1.54) is 0 Å². The molecule has 296 valence electrons. The molecule has 59 heavy (non-hydrogen) atoms. The highest BCUT2D eigenvalue weighted by Gasteiger charge is 2.42. The van der Waals surface area contributed by atoms with E-state index >= 15 is 0 Å². The van der Waals surface area contributed by atoms with Crippen molar-refractivity contribution in [2.75, 3.05) is 0 Å². The molecule has 6 heteroatoms. The van der Waals surface area contributed by atoms with Gasteiger partial charge in [0.25, 0.3) is 0 Å². The molecule has 0 N–H and O–H groups in total. The van der Waals surface area contributed by atoms with Crippen LogP contribution in [0.15, 0.2) is 195 Å². The molecule has 0 bridgehead atoms. The van der Waals surface area contributed by atoms with Gasteiger partial charge in [-0.2, -0.15) is 0 Å². The lowest BCUT2D eigenvalue weighted by Gasteiger charge is -2.40. The lowest BCUT2D eigenvalue weighted by atomic mass is 9.81. The highest BCUT2D eigenvalue weighted by molar-refractivity contribution is 5.56. The van der Waals surface area contributed by atoms with E-state index in [1.54, 1.807) is 0 Å². The third kappa shape index (κ3) is 10.2. The van der Waals surface area contributed by atoms with Crippen molar-refractivity contribution in [3.05, 3.63) is 234 Å².